The molecule has 1 heterocycles. The molecule has 0 saturated carbocycles. The molecule has 15 heavy (non-hydrogen) atoms. The van der Waals surface area contributed by atoms with E-state index < -0.39 is 0 Å². The molecule has 0 aliphatic carbocycles. The van der Waals surface area contributed by atoms with Crippen LogP contribution in [0.25, 0.3) is 0 Å². The van der Waals surface area contributed by atoms with Gasteiger partial charge < -0.3 is 4.74 Å². The first-order valence-electron chi connectivity index (χ1n) is 5.07. The topological polar surface area (TPSA) is 26.3 Å². The highest BCUT2D eigenvalue weighted by molar-refractivity contribution is 9.09. The van der Waals surface area contributed by atoms with Gasteiger partial charge in [-0.25, -0.2) is 0 Å². The molecule has 1 aliphatic rings. The molecule has 3 heteroatoms. The van der Waals surface area contributed by atoms with Crippen molar-refractivity contribution in [1.29, 1.82) is 0 Å². The predicted octanol–water partition coefficient (Wildman–Crippen LogP) is 3.14. The number of halogens is 1. The molecule has 0 radical (unpaired) electrons. The summed E-state index contributed by atoms with van der Waals surface area (Å²) in [6.45, 7) is 2.04. The van der Waals surface area contributed by atoms with E-state index in [2.05, 4.69) is 15.9 Å². The van der Waals surface area contributed by atoms with Crippen LogP contribution in [-0.4, -0.2) is 10.8 Å². The van der Waals surface area contributed by atoms with Crippen molar-refractivity contribution in [2.75, 3.05) is 0 Å². The summed E-state index contributed by atoms with van der Waals surface area (Å²) in [5, 5.41) is 0. The van der Waals surface area contributed by atoms with E-state index in [0.29, 0.717) is 6.42 Å². The van der Waals surface area contributed by atoms with Gasteiger partial charge in [-0.05, 0) is 18.9 Å². The maximum Gasteiger partial charge on any atom is 0.306 e. The molecule has 0 bridgehead atoms. The van der Waals surface area contributed by atoms with Crippen LogP contribution >= 0.6 is 15.9 Å². The summed E-state index contributed by atoms with van der Waals surface area (Å²) >= 11 is 3.56. The second kappa shape index (κ2) is 4.35. The SMILES string of the molecule is Cc1ccc([C@@H]2OC(=O)CC[C@H]2Br)cc1. The van der Waals surface area contributed by atoms with Crippen molar-refractivity contribution in [2.45, 2.75) is 30.7 Å². The van der Waals surface area contributed by atoms with E-state index in [1.54, 1.807) is 0 Å². The highest BCUT2D eigenvalue weighted by Crippen LogP contribution is 2.33. The Kier molecular flexibility index (Phi) is 3.10. The van der Waals surface area contributed by atoms with Gasteiger partial charge in [-0.3, -0.25) is 4.79 Å². The predicted molar refractivity (Wildman–Crippen MR) is 62.0 cm³/mol. The minimum absolute atomic E-state index is 0.101. The third-order valence-electron chi connectivity index (χ3n) is 2.62. The average Bonchev–Trinajstić information content (AvgIpc) is 2.23. The summed E-state index contributed by atoms with van der Waals surface area (Å²) < 4.78 is 5.34. The smallest absolute Gasteiger partial charge is 0.306 e. The molecule has 0 N–H and O–H groups in total. The molecule has 0 unspecified atom stereocenters. The second-order valence-corrected chi connectivity index (χ2v) is 5.05. The number of alkyl halides is 1. The number of benzene rings is 1. The highest BCUT2D eigenvalue weighted by atomic mass is 79.9. The first kappa shape index (κ1) is 10.7. The molecule has 1 aliphatic heterocycles. The summed E-state index contributed by atoms with van der Waals surface area (Å²) in [6.07, 6.45) is 1.22. The van der Waals surface area contributed by atoms with Crippen LogP contribution in [0.15, 0.2) is 24.3 Å². The molecule has 1 aromatic carbocycles. The minimum Gasteiger partial charge on any atom is -0.456 e. The van der Waals surface area contributed by atoms with Crippen molar-refractivity contribution in [1.82, 2.24) is 0 Å². The maximum atomic E-state index is 11.2. The van der Waals surface area contributed by atoms with Gasteiger partial charge in [0.05, 0.1) is 4.83 Å². The molecule has 1 fully saturated rings. The number of carbonyl (C=O) groups excluding carboxylic acids is 1. The molecule has 2 atom stereocenters. The van der Waals surface area contributed by atoms with Crippen LogP contribution in [0.1, 0.15) is 30.1 Å². The van der Waals surface area contributed by atoms with Crippen molar-refractivity contribution in [2.24, 2.45) is 0 Å². The van der Waals surface area contributed by atoms with Gasteiger partial charge in [-0.1, -0.05) is 45.8 Å². The van der Waals surface area contributed by atoms with Crippen LogP contribution in [0.4, 0.5) is 0 Å². The molecule has 2 nitrogen and oxygen atoms in total. The largest absolute Gasteiger partial charge is 0.456 e. The first-order chi connectivity index (χ1) is 7.16. The van der Waals surface area contributed by atoms with Gasteiger partial charge in [0.1, 0.15) is 6.10 Å². The molecule has 0 amide bonds. The Hall–Kier alpha value is -0.830. The van der Waals surface area contributed by atoms with Crippen molar-refractivity contribution in [3.8, 4) is 0 Å². The van der Waals surface area contributed by atoms with Crippen LogP contribution in [-0.2, 0) is 9.53 Å². The summed E-state index contributed by atoms with van der Waals surface area (Å²) in [7, 11) is 0. The van der Waals surface area contributed by atoms with Crippen molar-refractivity contribution < 1.29 is 9.53 Å². The number of hydrogen-bond donors (Lipinski definition) is 0. The number of esters is 1. The third-order valence-corrected chi connectivity index (χ3v) is 3.56. The molecular weight excluding hydrogens is 256 g/mol. The van der Waals surface area contributed by atoms with E-state index in [1.165, 1.54) is 5.56 Å². The molecule has 2 rings (SSSR count). The van der Waals surface area contributed by atoms with Gasteiger partial charge in [0.2, 0.25) is 0 Å². The number of rotatable bonds is 1. The normalized spacial score (nSPS) is 26.1. The fourth-order valence-electron chi connectivity index (χ4n) is 1.71. The lowest BCUT2D eigenvalue weighted by Gasteiger charge is -2.27. The van der Waals surface area contributed by atoms with Crippen LogP contribution in [0.3, 0.4) is 0 Å². The average molecular weight is 269 g/mol. The van der Waals surface area contributed by atoms with Gasteiger partial charge in [-0.15, -0.1) is 0 Å². The fourth-order valence-corrected chi connectivity index (χ4v) is 2.36. The van der Waals surface area contributed by atoms with Gasteiger partial charge in [0.25, 0.3) is 0 Å². The Morgan fingerprint density at radius 2 is 2.00 bits per heavy atom. The monoisotopic (exact) mass is 268 g/mol. The van der Waals surface area contributed by atoms with E-state index in [1.807, 2.05) is 31.2 Å². The molecule has 0 spiro atoms. The van der Waals surface area contributed by atoms with E-state index in [-0.39, 0.29) is 16.9 Å². The van der Waals surface area contributed by atoms with Gasteiger partial charge in [0.15, 0.2) is 0 Å². The molecule has 1 saturated heterocycles. The third kappa shape index (κ3) is 2.40. The maximum absolute atomic E-state index is 11.2. The number of carbonyl (C=O) groups is 1. The van der Waals surface area contributed by atoms with Crippen LogP contribution in [0.2, 0.25) is 0 Å². The lowest BCUT2D eigenvalue weighted by atomic mass is 10.0. The summed E-state index contributed by atoms with van der Waals surface area (Å²) in [5.41, 5.74) is 2.28. The molecule has 1 aromatic rings. The van der Waals surface area contributed by atoms with Crippen LogP contribution < -0.4 is 0 Å². The molecule has 0 aromatic heterocycles. The Balaban J connectivity index is 2.21. The van der Waals surface area contributed by atoms with Crippen LogP contribution in [0, 0.1) is 6.92 Å². The van der Waals surface area contributed by atoms with Crippen molar-refractivity contribution >= 4 is 21.9 Å². The van der Waals surface area contributed by atoms with Gasteiger partial charge in [-0.2, -0.15) is 0 Å². The van der Waals surface area contributed by atoms with E-state index in [0.717, 1.165) is 12.0 Å². The minimum atomic E-state index is -0.133. The lowest BCUT2D eigenvalue weighted by Crippen LogP contribution is -2.26. The first-order valence-corrected chi connectivity index (χ1v) is 5.98. The highest BCUT2D eigenvalue weighted by Gasteiger charge is 2.29. The number of cyclic esters (lactones) is 1. The van der Waals surface area contributed by atoms with Crippen molar-refractivity contribution in [3.63, 3.8) is 0 Å². The summed E-state index contributed by atoms with van der Waals surface area (Å²) in [5.74, 6) is -0.101. The standard InChI is InChI=1S/C12H13BrO2/c1-8-2-4-9(5-3-8)12-10(13)6-7-11(14)15-12/h2-5,10,12H,6-7H2,1H3/t10-,12+/m1/s1. The zero-order valence-electron chi connectivity index (χ0n) is 8.57. The Morgan fingerprint density at radius 1 is 1.33 bits per heavy atom. The Labute approximate surface area is 97.8 Å². The number of ether oxygens (including phenoxy) is 1. The zero-order valence-corrected chi connectivity index (χ0v) is 10.2. The number of hydrogen-bond acceptors (Lipinski definition) is 2. The molecular formula is C12H13BrO2. The number of aryl methyl sites for hydroxylation is 1. The van der Waals surface area contributed by atoms with Gasteiger partial charge in [0, 0.05) is 6.42 Å². The van der Waals surface area contributed by atoms with E-state index in [4.69, 9.17) is 4.74 Å². The molecule has 80 valence electrons. The summed E-state index contributed by atoms with van der Waals surface area (Å²) in [4.78, 5) is 11.5. The van der Waals surface area contributed by atoms with Crippen molar-refractivity contribution in [3.05, 3.63) is 35.4 Å². The summed E-state index contributed by atoms with van der Waals surface area (Å²) in [6, 6.07) is 8.12. The lowest BCUT2D eigenvalue weighted by molar-refractivity contribution is -0.153. The van der Waals surface area contributed by atoms with E-state index in [9.17, 15) is 4.79 Å². The Bertz CT molecular complexity index is 358. The zero-order chi connectivity index (χ0) is 10.8. The fraction of sp³-hybridized carbons (Fsp3) is 0.417. The van der Waals surface area contributed by atoms with E-state index >= 15 is 0 Å². The van der Waals surface area contributed by atoms with Crippen LogP contribution in [0.5, 0.6) is 0 Å². The quantitative estimate of drug-likeness (QED) is 0.578. The second-order valence-electron chi connectivity index (χ2n) is 3.88. The Morgan fingerprint density at radius 3 is 2.67 bits per heavy atom. The van der Waals surface area contributed by atoms with Gasteiger partial charge >= 0.3 is 5.97 Å².